The molecule has 0 radical (unpaired) electrons. The molecule has 5 atom stereocenters. The molecule has 4 heterocycles. The van der Waals surface area contributed by atoms with Gasteiger partial charge in [0.25, 0.3) is 0 Å². The van der Waals surface area contributed by atoms with Gasteiger partial charge in [0.2, 0.25) is 44.8 Å². The van der Waals surface area contributed by atoms with Crippen LogP contribution in [0.4, 0.5) is 4.79 Å². The quantitative estimate of drug-likeness (QED) is 0.0686. The molecule has 4 aliphatic rings. The van der Waals surface area contributed by atoms with E-state index < -0.39 is 67.6 Å². The zero-order valence-electron chi connectivity index (χ0n) is 45.5. The summed E-state index contributed by atoms with van der Waals surface area (Å²) in [5.74, 6) is 1.42. The van der Waals surface area contributed by atoms with Gasteiger partial charge in [0.15, 0.2) is 29.3 Å². The molecule has 0 saturated carbocycles. The number of carbonyl (C=O) groups excluding carboxylic acids is 3. The number of rotatable bonds is 26. The van der Waals surface area contributed by atoms with Crippen molar-refractivity contribution in [2.24, 2.45) is 28.4 Å². The molecule has 7 rings (SSSR count). The third-order valence-electron chi connectivity index (χ3n) is 12.9. The lowest BCUT2D eigenvalue weighted by Gasteiger charge is -2.35. The van der Waals surface area contributed by atoms with Crippen LogP contribution in [0.1, 0.15) is 73.3 Å². The van der Waals surface area contributed by atoms with Crippen molar-refractivity contribution in [3.63, 3.8) is 0 Å². The number of hydrogen-bond donors (Lipinski definition) is 5. The van der Waals surface area contributed by atoms with Gasteiger partial charge < -0.3 is 64.5 Å². The standard InChI is InChI=1S/C30H41N3O9S.C19H30N2O6S.C4H7ClO2/c1-30(2,11-12-31)18-33(43(36,37)21-8-9-25-26(15-21)41-19-40-25)16-24(34)23(14-20-6-4-3-5-7-20)32-29(35)42-27-17-39-28-22(27)10-13-38-28;1-14(2)10-21(12-19(3,4)7-8-20-18(23)11-22)28(24,25)15-5-6-16-17(9-15)27-13-26-16;1-2-7-3-4(5)6/h3-9,15,22-24,27-28,34H,10-14,16-19,31H2,1-2H3,(H,32,35);5-6,9,14,22H,7-8,10-13H2,1-4H3,(H,20,23);2-3H2,1H3/t22?,23-,24?,27?,28?;;/m0../s1. The predicted molar refractivity (Wildman–Crippen MR) is 288 cm³/mol. The Hall–Kier alpha value is -4.86. The number of nitrogens with zero attached hydrogens (tertiary/aromatic N) is 2. The Balaban J connectivity index is 0.000000274. The predicted octanol–water partition coefficient (Wildman–Crippen LogP) is 4.62. The van der Waals surface area contributed by atoms with Crippen molar-refractivity contribution in [2.75, 3.05) is 85.9 Å². The van der Waals surface area contributed by atoms with Gasteiger partial charge in [0.1, 0.15) is 19.3 Å². The van der Waals surface area contributed by atoms with Crippen LogP contribution in [-0.2, 0) is 55.0 Å². The molecule has 0 spiro atoms. The summed E-state index contributed by atoms with van der Waals surface area (Å²) >= 11 is 4.89. The molecule has 3 aromatic rings. The average Bonchev–Trinajstić information content (AvgIpc) is 4.26. The van der Waals surface area contributed by atoms with Crippen molar-refractivity contribution in [1.82, 2.24) is 19.2 Å². The fourth-order valence-electron chi connectivity index (χ4n) is 8.92. The molecule has 2 saturated heterocycles. The van der Waals surface area contributed by atoms with Crippen molar-refractivity contribution in [3.8, 4) is 23.0 Å². The van der Waals surface area contributed by atoms with Crippen LogP contribution in [0.25, 0.3) is 0 Å². The lowest BCUT2D eigenvalue weighted by Crippen LogP contribution is -2.52. The van der Waals surface area contributed by atoms with E-state index in [-0.39, 0.29) is 79.6 Å². The van der Waals surface area contributed by atoms with Crippen molar-refractivity contribution >= 4 is 48.9 Å². The minimum absolute atomic E-state index is 0.00838. The van der Waals surface area contributed by atoms with Crippen molar-refractivity contribution in [2.45, 2.75) is 108 Å². The van der Waals surface area contributed by atoms with Crippen molar-refractivity contribution < 1.29 is 79.3 Å². The Bertz CT molecular complexity index is 2650. The molecule has 78 heavy (non-hydrogen) atoms. The Morgan fingerprint density at radius 3 is 1.91 bits per heavy atom. The fraction of sp³-hybridized carbons (Fsp3) is 0.604. The molecule has 0 bridgehead atoms. The number of nitrogens with one attached hydrogen (secondary N) is 2. The van der Waals surface area contributed by atoms with Gasteiger partial charge in [-0.3, -0.25) is 9.59 Å². The maximum atomic E-state index is 14.0. The van der Waals surface area contributed by atoms with E-state index in [1.54, 1.807) is 19.1 Å². The van der Waals surface area contributed by atoms with Gasteiger partial charge in [-0.2, -0.15) is 8.61 Å². The number of nitrogens with two attached hydrogens (primary N) is 1. The molecule has 22 nitrogen and oxygen atoms in total. The van der Waals surface area contributed by atoms with Crippen LogP contribution in [0.2, 0.25) is 0 Å². The molecule has 436 valence electrons. The summed E-state index contributed by atoms with van der Waals surface area (Å²) < 4.78 is 100. The third-order valence-corrected chi connectivity index (χ3v) is 16.7. The third kappa shape index (κ3) is 19.2. The summed E-state index contributed by atoms with van der Waals surface area (Å²) in [6.07, 6.45) is -0.741. The average molecular weight is 1160 g/mol. The normalized spacial score (nSPS) is 18.4. The molecule has 0 aliphatic carbocycles. The van der Waals surface area contributed by atoms with E-state index in [4.69, 9.17) is 55.6 Å². The minimum atomic E-state index is -4.11. The molecule has 4 aliphatic heterocycles. The maximum absolute atomic E-state index is 14.0. The molecule has 6 N–H and O–H groups in total. The largest absolute Gasteiger partial charge is 0.454 e. The highest BCUT2D eigenvalue weighted by Crippen LogP contribution is 2.38. The number of hydrogen-bond acceptors (Lipinski definition) is 18. The summed E-state index contributed by atoms with van der Waals surface area (Å²) in [4.78, 5) is 34.3. The number of alkyl carbamates (subject to hydrolysis) is 1. The highest BCUT2D eigenvalue weighted by Gasteiger charge is 2.44. The van der Waals surface area contributed by atoms with Gasteiger partial charge >= 0.3 is 6.09 Å². The SMILES string of the molecule is CC(C)(CCN)CN(CC(O)[C@H](Cc1ccccc1)NC(=O)OC1COC2OCCC12)S(=O)(=O)c1ccc2c(c1)OCO2.CC(C)CN(CC(C)(C)CCNC(=O)CO)S(=O)(=O)c1ccc2c(c1)OCO2.CCOCC(=O)Cl. The van der Waals surface area contributed by atoms with E-state index in [9.17, 15) is 36.3 Å². The second-order valence-electron chi connectivity index (χ2n) is 21.1. The number of ether oxygens (including phenoxy) is 8. The van der Waals surface area contributed by atoms with Gasteiger partial charge in [-0.15, -0.1) is 0 Å². The smallest absolute Gasteiger partial charge is 0.407 e. The highest BCUT2D eigenvalue weighted by atomic mass is 35.5. The molecule has 0 aromatic heterocycles. The van der Waals surface area contributed by atoms with Crippen LogP contribution in [0.3, 0.4) is 0 Å². The topological polar surface area (TPSA) is 290 Å². The van der Waals surface area contributed by atoms with Gasteiger partial charge in [-0.05, 0) is 97.3 Å². The van der Waals surface area contributed by atoms with Crippen LogP contribution in [0.5, 0.6) is 23.0 Å². The number of benzene rings is 3. The number of aliphatic hydroxyl groups is 2. The van der Waals surface area contributed by atoms with Gasteiger partial charge in [-0.1, -0.05) is 71.9 Å². The number of sulfonamides is 2. The number of amides is 2. The number of carbonyl (C=O) groups is 3. The summed E-state index contributed by atoms with van der Waals surface area (Å²) in [6, 6.07) is 17.6. The number of aliphatic hydroxyl groups excluding tert-OH is 2. The summed E-state index contributed by atoms with van der Waals surface area (Å²) in [5, 5.41) is 25.4. The molecular weight excluding hydrogens is 1080 g/mol. The summed E-state index contributed by atoms with van der Waals surface area (Å²) in [6.45, 7) is 15.6. The number of halogens is 1. The molecule has 2 amide bonds. The lowest BCUT2D eigenvalue weighted by molar-refractivity contribution is -0.123. The van der Waals surface area contributed by atoms with Crippen LogP contribution < -0.4 is 35.3 Å². The fourth-order valence-corrected chi connectivity index (χ4v) is 12.5. The monoisotopic (exact) mass is 1160 g/mol. The van der Waals surface area contributed by atoms with Crippen molar-refractivity contribution in [3.05, 3.63) is 72.3 Å². The molecule has 25 heteroatoms. The van der Waals surface area contributed by atoms with E-state index in [2.05, 4.69) is 15.4 Å². The van der Waals surface area contributed by atoms with Crippen LogP contribution in [0, 0.1) is 22.7 Å². The first-order chi connectivity index (χ1) is 36.9. The lowest BCUT2D eigenvalue weighted by atomic mass is 9.89. The van der Waals surface area contributed by atoms with Gasteiger partial charge in [0, 0.05) is 51.5 Å². The van der Waals surface area contributed by atoms with E-state index >= 15 is 0 Å². The maximum Gasteiger partial charge on any atom is 0.407 e. The van der Waals surface area contributed by atoms with E-state index in [0.717, 1.165) is 12.0 Å². The van der Waals surface area contributed by atoms with E-state index in [1.165, 1.54) is 32.9 Å². The number of fused-ring (bicyclic) bond motifs is 3. The summed E-state index contributed by atoms with van der Waals surface area (Å²) in [5.41, 5.74) is 5.82. The Morgan fingerprint density at radius 1 is 0.821 bits per heavy atom. The second kappa shape index (κ2) is 29.6. The highest BCUT2D eigenvalue weighted by molar-refractivity contribution is 7.89. The van der Waals surface area contributed by atoms with Crippen LogP contribution >= 0.6 is 11.6 Å². The zero-order chi connectivity index (χ0) is 57.3. The Labute approximate surface area is 463 Å². The molecule has 4 unspecified atom stereocenters. The Kier molecular flexibility index (Phi) is 24.2. The Morgan fingerprint density at radius 2 is 1.38 bits per heavy atom. The van der Waals surface area contributed by atoms with Gasteiger partial charge in [0.05, 0.1) is 41.1 Å². The van der Waals surface area contributed by atoms with Crippen molar-refractivity contribution in [1.29, 1.82) is 0 Å². The second-order valence-corrected chi connectivity index (χ2v) is 25.4. The van der Waals surface area contributed by atoms with E-state index in [1.807, 2.05) is 71.9 Å². The van der Waals surface area contributed by atoms with Gasteiger partial charge in [-0.25, -0.2) is 21.6 Å². The zero-order valence-corrected chi connectivity index (χ0v) is 47.9. The van der Waals surface area contributed by atoms with E-state index in [0.29, 0.717) is 75.2 Å². The summed E-state index contributed by atoms with van der Waals surface area (Å²) in [7, 11) is -7.84. The minimum Gasteiger partial charge on any atom is -0.454 e. The first-order valence-electron chi connectivity index (χ1n) is 25.9. The first kappa shape index (κ1) is 64.0. The van der Waals surface area contributed by atoms with Crippen LogP contribution in [-0.4, -0.2) is 163 Å². The molecule has 3 aromatic carbocycles. The first-order valence-corrected chi connectivity index (χ1v) is 29.2. The molecular formula is C53H78ClN5O17S2. The van der Waals surface area contributed by atoms with Crippen LogP contribution in [0.15, 0.2) is 76.5 Å². The molecule has 2 fully saturated rings.